The summed E-state index contributed by atoms with van der Waals surface area (Å²) in [6.07, 6.45) is 0. The summed E-state index contributed by atoms with van der Waals surface area (Å²) in [5, 5.41) is 1.01. The Morgan fingerprint density at radius 1 is 0.423 bits per heavy atom. The highest BCUT2D eigenvalue weighted by Gasteiger charge is 2.31. The van der Waals surface area contributed by atoms with Crippen LogP contribution in [0.25, 0.3) is 73.1 Å². The van der Waals surface area contributed by atoms with Crippen LogP contribution in [0.15, 0.2) is 188 Å². The molecule has 7 aromatic carbocycles. The zero-order chi connectivity index (χ0) is 38.8. The van der Waals surface area contributed by atoms with E-state index in [1.807, 2.05) is 138 Å². The second-order valence-corrected chi connectivity index (χ2v) is 12.5. The highest BCUT2D eigenvalue weighted by Crippen LogP contribution is 2.54. The molecule has 10 rings (SSSR count). The molecule has 0 N–H and O–H groups in total. The molecule has 0 bridgehead atoms. The van der Waals surface area contributed by atoms with Crippen molar-refractivity contribution >= 4 is 28.0 Å². The van der Waals surface area contributed by atoms with Gasteiger partial charge < -0.3 is 9.47 Å². The van der Waals surface area contributed by atoms with Crippen molar-refractivity contribution in [1.29, 1.82) is 0 Å². The summed E-state index contributed by atoms with van der Waals surface area (Å²) in [5.74, 6) is 1.73. The molecule has 0 amide bonds. The molecule has 0 atom stereocenters. The smallest absolute Gasteiger partial charge is 0.164 e. The Kier molecular flexibility index (Phi) is 5.92. The van der Waals surface area contributed by atoms with Crippen molar-refractivity contribution in [3.63, 3.8) is 0 Å². The van der Waals surface area contributed by atoms with E-state index in [2.05, 4.69) is 28.8 Å². The molecule has 0 fully saturated rings. The molecule has 1 aliphatic heterocycles. The summed E-state index contributed by atoms with van der Waals surface area (Å²) < 4.78 is 45.8. The van der Waals surface area contributed by atoms with Gasteiger partial charge in [0.1, 0.15) is 0 Å². The molecule has 0 spiro atoms. The SMILES string of the molecule is [2H]c1c([2H])c([2H])c(N2c3ccccc3-c3c(n(-c4ccc(-c5nc(-c6ccccc6)nc(-c6ccccc6)n5)cc4)c4ccccc34)-c3ccccc32)c([2H])c1[2H]. The Balaban J connectivity index is 1.20. The van der Waals surface area contributed by atoms with Gasteiger partial charge >= 0.3 is 0 Å². The first kappa shape index (κ1) is 24.9. The molecule has 52 heavy (non-hydrogen) atoms. The molecular weight excluding hydrogens is 635 g/mol. The van der Waals surface area contributed by atoms with Gasteiger partial charge in [-0.1, -0.05) is 133 Å². The third-order valence-corrected chi connectivity index (χ3v) is 9.48. The van der Waals surface area contributed by atoms with Crippen molar-refractivity contribution in [2.45, 2.75) is 0 Å². The maximum absolute atomic E-state index is 9.04. The van der Waals surface area contributed by atoms with E-state index in [4.69, 9.17) is 21.8 Å². The zero-order valence-corrected chi connectivity index (χ0v) is 27.7. The normalized spacial score (nSPS) is 13.2. The average Bonchev–Trinajstić information content (AvgIpc) is 3.56. The van der Waals surface area contributed by atoms with E-state index in [9.17, 15) is 0 Å². The fraction of sp³-hybridized carbons (Fsp3) is 0. The van der Waals surface area contributed by atoms with E-state index in [1.165, 1.54) is 0 Å². The van der Waals surface area contributed by atoms with Gasteiger partial charge in [-0.25, -0.2) is 15.0 Å². The van der Waals surface area contributed by atoms with Crippen molar-refractivity contribution in [1.82, 2.24) is 19.5 Å². The highest BCUT2D eigenvalue weighted by atomic mass is 15.2. The maximum atomic E-state index is 9.04. The van der Waals surface area contributed by atoms with Gasteiger partial charge in [-0.05, 0) is 54.5 Å². The highest BCUT2D eigenvalue weighted by molar-refractivity contribution is 6.12. The number of anilines is 3. The van der Waals surface area contributed by atoms with Crippen LogP contribution in [0.5, 0.6) is 0 Å². The molecule has 5 heteroatoms. The predicted molar refractivity (Wildman–Crippen MR) is 212 cm³/mol. The van der Waals surface area contributed by atoms with Crippen LogP contribution in [0.3, 0.4) is 0 Å². The lowest BCUT2D eigenvalue weighted by Gasteiger charge is -2.27. The Bertz CT molecular complexity index is 2930. The first-order valence-electron chi connectivity index (χ1n) is 19.6. The second kappa shape index (κ2) is 12.3. The van der Waals surface area contributed by atoms with E-state index >= 15 is 0 Å². The molecule has 3 heterocycles. The van der Waals surface area contributed by atoms with Crippen molar-refractivity contribution in [3.8, 4) is 62.2 Å². The number of fused-ring (bicyclic) bond motifs is 7. The molecule has 9 aromatic rings. The number of para-hydroxylation sites is 4. The summed E-state index contributed by atoms with van der Waals surface area (Å²) in [7, 11) is 0. The zero-order valence-electron chi connectivity index (χ0n) is 32.7. The summed E-state index contributed by atoms with van der Waals surface area (Å²) in [4.78, 5) is 16.6. The van der Waals surface area contributed by atoms with Gasteiger partial charge in [0.15, 0.2) is 17.5 Å². The van der Waals surface area contributed by atoms with Crippen LogP contribution in [0, 0.1) is 0 Å². The number of nitrogens with zero attached hydrogens (tertiary/aromatic N) is 5. The third kappa shape index (κ3) is 4.90. The molecular formula is C47H31N5. The number of hydrogen-bond acceptors (Lipinski definition) is 4. The van der Waals surface area contributed by atoms with Crippen LogP contribution in [0.1, 0.15) is 6.85 Å². The Morgan fingerprint density at radius 3 is 1.56 bits per heavy atom. The second-order valence-electron chi connectivity index (χ2n) is 12.5. The minimum Gasteiger partial charge on any atom is -0.309 e. The average molecular weight is 671 g/mol. The van der Waals surface area contributed by atoms with Gasteiger partial charge in [0.05, 0.1) is 29.4 Å². The largest absolute Gasteiger partial charge is 0.309 e. The van der Waals surface area contributed by atoms with E-state index in [0.717, 1.165) is 55.7 Å². The standard InChI is InChI=1S/C47H31N5/c1-4-16-32(17-5-1)45-48-46(33-18-6-2-7-19-33)50-47(49-45)34-28-30-36(31-29-34)52-41-26-14-11-23-38(41)43-37-22-10-13-25-40(37)51(35-20-8-3-9-21-35)42-27-15-12-24-39(42)44(43)52/h1-31H/i3D,8D,9D,20D,21D. The first-order valence-corrected chi connectivity index (χ1v) is 17.1. The Labute approximate surface area is 308 Å². The number of aromatic nitrogens is 4. The summed E-state index contributed by atoms with van der Waals surface area (Å²) in [6, 6.07) is 50.3. The molecule has 0 saturated heterocycles. The van der Waals surface area contributed by atoms with Crippen LogP contribution in [-0.4, -0.2) is 19.5 Å². The van der Waals surface area contributed by atoms with Crippen LogP contribution < -0.4 is 4.90 Å². The van der Waals surface area contributed by atoms with Gasteiger partial charge in [0.25, 0.3) is 0 Å². The summed E-state index contributed by atoms with van der Waals surface area (Å²) >= 11 is 0. The van der Waals surface area contributed by atoms with E-state index in [1.54, 1.807) is 0 Å². The lowest BCUT2D eigenvalue weighted by molar-refractivity contribution is 1.07. The molecule has 5 nitrogen and oxygen atoms in total. The quantitative estimate of drug-likeness (QED) is 0.183. The minimum atomic E-state index is -0.431. The lowest BCUT2D eigenvalue weighted by atomic mass is 9.98. The minimum absolute atomic E-state index is 0.0911. The molecule has 0 saturated carbocycles. The van der Waals surface area contributed by atoms with E-state index in [0.29, 0.717) is 28.8 Å². The molecule has 1 aliphatic rings. The number of rotatable bonds is 5. The lowest BCUT2D eigenvalue weighted by Crippen LogP contribution is -2.11. The van der Waals surface area contributed by atoms with Gasteiger partial charge in [0.2, 0.25) is 0 Å². The fourth-order valence-electron chi connectivity index (χ4n) is 7.21. The Morgan fingerprint density at radius 2 is 0.923 bits per heavy atom. The third-order valence-electron chi connectivity index (χ3n) is 9.48. The van der Waals surface area contributed by atoms with Crippen molar-refractivity contribution < 1.29 is 6.85 Å². The van der Waals surface area contributed by atoms with Crippen molar-refractivity contribution in [2.24, 2.45) is 0 Å². The van der Waals surface area contributed by atoms with Crippen LogP contribution in [0.2, 0.25) is 0 Å². The van der Waals surface area contributed by atoms with Crippen molar-refractivity contribution in [3.05, 3.63) is 188 Å². The van der Waals surface area contributed by atoms with Crippen molar-refractivity contribution in [2.75, 3.05) is 4.90 Å². The monoisotopic (exact) mass is 670 g/mol. The van der Waals surface area contributed by atoms with Gasteiger partial charge in [0, 0.05) is 50.1 Å². The first-order chi connectivity index (χ1) is 27.9. The number of benzene rings is 7. The molecule has 0 radical (unpaired) electrons. The maximum Gasteiger partial charge on any atom is 0.164 e. The Hall–Kier alpha value is -7.11. The predicted octanol–water partition coefficient (Wildman–Crippen LogP) is 11.9. The van der Waals surface area contributed by atoms with Crippen LogP contribution >= 0.6 is 0 Å². The summed E-state index contributed by atoms with van der Waals surface area (Å²) in [5.41, 5.74) is 9.61. The molecule has 0 aliphatic carbocycles. The van der Waals surface area contributed by atoms with E-state index < -0.39 is 6.04 Å². The fourth-order valence-corrected chi connectivity index (χ4v) is 7.21. The van der Waals surface area contributed by atoms with Gasteiger partial charge in [-0.2, -0.15) is 0 Å². The summed E-state index contributed by atoms with van der Waals surface area (Å²) in [6.45, 7) is 0. The van der Waals surface area contributed by atoms with Gasteiger partial charge in [-0.15, -0.1) is 0 Å². The number of hydrogen-bond donors (Lipinski definition) is 0. The topological polar surface area (TPSA) is 46.8 Å². The molecule has 2 aromatic heterocycles. The van der Waals surface area contributed by atoms with E-state index in [-0.39, 0.29) is 29.9 Å². The van der Waals surface area contributed by atoms with Gasteiger partial charge in [-0.3, -0.25) is 0 Å². The van der Waals surface area contributed by atoms with Crippen LogP contribution in [-0.2, 0) is 0 Å². The van der Waals surface area contributed by atoms with Crippen LogP contribution in [0.4, 0.5) is 17.1 Å². The molecule has 244 valence electrons. The molecule has 0 unspecified atom stereocenters.